The number of carbonyl (C=O) groups excluding carboxylic acids is 1. The van der Waals surface area contributed by atoms with Crippen molar-refractivity contribution in [2.75, 3.05) is 11.5 Å². The van der Waals surface area contributed by atoms with E-state index in [2.05, 4.69) is 27.4 Å². The molecule has 0 aliphatic rings. The summed E-state index contributed by atoms with van der Waals surface area (Å²) in [5, 5.41) is 9.73. The van der Waals surface area contributed by atoms with Gasteiger partial charge in [0.1, 0.15) is 5.82 Å². The Morgan fingerprint density at radius 2 is 2.16 bits per heavy atom. The van der Waals surface area contributed by atoms with Crippen LogP contribution in [0.5, 0.6) is 0 Å². The molecule has 0 aromatic carbocycles. The maximum absolute atomic E-state index is 12.0. The molecule has 0 bridgehead atoms. The summed E-state index contributed by atoms with van der Waals surface area (Å²) in [5.41, 5.74) is -0.130. The first-order chi connectivity index (χ1) is 8.84. The van der Waals surface area contributed by atoms with Gasteiger partial charge < -0.3 is 5.32 Å². The van der Waals surface area contributed by atoms with Crippen LogP contribution < -0.4 is 5.32 Å². The van der Waals surface area contributed by atoms with E-state index in [-0.39, 0.29) is 23.2 Å². The summed E-state index contributed by atoms with van der Waals surface area (Å²) in [4.78, 5) is 16.2. The Morgan fingerprint density at radius 3 is 2.68 bits per heavy atom. The lowest BCUT2D eigenvalue weighted by molar-refractivity contribution is 0.0929. The molecule has 0 radical (unpaired) electrons. The Balaban J connectivity index is 2.51. The highest BCUT2D eigenvalue weighted by atomic mass is 32.2. The highest BCUT2D eigenvalue weighted by Gasteiger charge is 2.21. The van der Waals surface area contributed by atoms with Crippen LogP contribution in [0.2, 0.25) is 0 Å². The third-order valence-corrected chi connectivity index (χ3v) is 3.61. The number of carbonyl (C=O) groups is 1. The van der Waals surface area contributed by atoms with Gasteiger partial charge in [-0.2, -0.15) is 11.8 Å². The largest absolute Gasteiger partial charge is 0.347 e. The van der Waals surface area contributed by atoms with Gasteiger partial charge >= 0.3 is 0 Å². The Hall–Kier alpha value is -1.04. The molecule has 0 spiro atoms. The van der Waals surface area contributed by atoms with Crippen LogP contribution in [0.1, 0.15) is 57.5 Å². The van der Waals surface area contributed by atoms with Gasteiger partial charge in [-0.25, -0.2) is 4.98 Å². The van der Waals surface area contributed by atoms with Crippen LogP contribution in [0.25, 0.3) is 0 Å². The maximum Gasteiger partial charge on any atom is 0.291 e. The number of hydrogen-bond acceptors (Lipinski definition) is 4. The van der Waals surface area contributed by atoms with E-state index in [0.29, 0.717) is 0 Å². The van der Waals surface area contributed by atoms with Crippen molar-refractivity contribution in [1.82, 2.24) is 20.5 Å². The van der Waals surface area contributed by atoms with Crippen LogP contribution >= 0.6 is 11.8 Å². The van der Waals surface area contributed by atoms with Gasteiger partial charge in [0, 0.05) is 11.5 Å². The molecular formula is C13H24N4OS. The summed E-state index contributed by atoms with van der Waals surface area (Å²) in [6, 6.07) is 0.142. The summed E-state index contributed by atoms with van der Waals surface area (Å²) in [5.74, 6) is 2.91. The Morgan fingerprint density at radius 1 is 1.47 bits per heavy atom. The van der Waals surface area contributed by atoms with Gasteiger partial charge in [-0.05, 0) is 24.9 Å². The molecule has 1 aromatic heterocycles. The van der Waals surface area contributed by atoms with Crippen LogP contribution in [-0.4, -0.2) is 38.6 Å². The smallest absolute Gasteiger partial charge is 0.291 e. The van der Waals surface area contributed by atoms with Crippen molar-refractivity contribution in [2.45, 2.75) is 52.5 Å². The van der Waals surface area contributed by atoms with Crippen molar-refractivity contribution in [3.63, 3.8) is 0 Å². The first-order valence-electron chi connectivity index (χ1n) is 6.66. The highest BCUT2D eigenvalue weighted by molar-refractivity contribution is 7.99. The zero-order chi connectivity index (χ0) is 14.5. The van der Waals surface area contributed by atoms with Crippen molar-refractivity contribution >= 4 is 17.7 Å². The van der Waals surface area contributed by atoms with Crippen molar-refractivity contribution in [3.05, 3.63) is 11.6 Å². The second-order valence-electron chi connectivity index (χ2n) is 5.62. The molecule has 0 saturated heterocycles. The van der Waals surface area contributed by atoms with E-state index in [9.17, 15) is 4.79 Å². The Bertz CT molecular complexity index is 411. The molecule has 1 atom stereocenters. The molecule has 0 fully saturated rings. The Labute approximate surface area is 119 Å². The van der Waals surface area contributed by atoms with Crippen molar-refractivity contribution in [2.24, 2.45) is 0 Å². The number of aromatic amines is 1. The molecule has 1 aromatic rings. The van der Waals surface area contributed by atoms with E-state index < -0.39 is 0 Å². The zero-order valence-corrected chi connectivity index (χ0v) is 13.2. The summed E-state index contributed by atoms with van der Waals surface area (Å²) in [6.45, 7) is 10.2. The van der Waals surface area contributed by atoms with E-state index in [1.807, 2.05) is 39.5 Å². The summed E-state index contributed by atoms with van der Waals surface area (Å²) >= 11 is 1.88. The Kier molecular flexibility index (Phi) is 5.85. The molecule has 108 valence electrons. The standard InChI is InChI=1S/C13H24N4OS/c1-6-19-8-7-9(2)14-11(18)10-15-12(17-16-10)13(3,4)5/h9H,6-8H2,1-5H3,(H,14,18)(H,15,16,17). The normalized spacial score (nSPS) is 13.3. The number of H-pyrrole nitrogens is 1. The fourth-order valence-electron chi connectivity index (χ4n) is 1.46. The third kappa shape index (κ3) is 5.22. The minimum Gasteiger partial charge on any atom is -0.347 e. The quantitative estimate of drug-likeness (QED) is 0.787. The fourth-order valence-corrected chi connectivity index (χ4v) is 2.27. The maximum atomic E-state index is 12.0. The lowest BCUT2D eigenvalue weighted by Crippen LogP contribution is -2.33. The van der Waals surface area contributed by atoms with Crippen LogP contribution in [0, 0.1) is 0 Å². The van der Waals surface area contributed by atoms with E-state index in [4.69, 9.17) is 0 Å². The summed E-state index contributed by atoms with van der Waals surface area (Å²) < 4.78 is 0. The van der Waals surface area contributed by atoms with Crippen LogP contribution in [0.4, 0.5) is 0 Å². The van der Waals surface area contributed by atoms with Gasteiger partial charge in [-0.3, -0.25) is 9.89 Å². The number of hydrogen-bond donors (Lipinski definition) is 2. The lowest BCUT2D eigenvalue weighted by Gasteiger charge is -2.13. The molecule has 1 unspecified atom stereocenters. The molecule has 1 heterocycles. The number of amides is 1. The minimum atomic E-state index is -0.208. The van der Waals surface area contributed by atoms with E-state index in [1.165, 1.54) is 0 Å². The van der Waals surface area contributed by atoms with Gasteiger partial charge in [0.25, 0.3) is 5.91 Å². The van der Waals surface area contributed by atoms with Gasteiger partial charge in [0.15, 0.2) is 0 Å². The second-order valence-corrected chi connectivity index (χ2v) is 7.01. The van der Waals surface area contributed by atoms with Crippen LogP contribution in [0.3, 0.4) is 0 Å². The highest BCUT2D eigenvalue weighted by Crippen LogP contribution is 2.17. The monoisotopic (exact) mass is 284 g/mol. The van der Waals surface area contributed by atoms with E-state index in [1.54, 1.807) is 0 Å². The number of aromatic nitrogens is 3. The van der Waals surface area contributed by atoms with Crippen molar-refractivity contribution in [3.8, 4) is 0 Å². The molecule has 1 rings (SSSR count). The molecule has 6 heteroatoms. The molecule has 19 heavy (non-hydrogen) atoms. The topological polar surface area (TPSA) is 70.7 Å². The van der Waals surface area contributed by atoms with Gasteiger partial charge in [-0.15, -0.1) is 5.10 Å². The first-order valence-corrected chi connectivity index (χ1v) is 7.81. The molecule has 2 N–H and O–H groups in total. The average molecular weight is 284 g/mol. The van der Waals surface area contributed by atoms with Gasteiger partial charge in [-0.1, -0.05) is 27.7 Å². The number of rotatable bonds is 6. The number of nitrogens with one attached hydrogen (secondary N) is 2. The molecule has 5 nitrogen and oxygen atoms in total. The molecular weight excluding hydrogens is 260 g/mol. The predicted octanol–water partition coefficient (Wildman–Crippen LogP) is 2.36. The number of nitrogens with zero attached hydrogens (tertiary/aromatic N) is 2. The molecule has 0 saturated carbocycles. The minimum absolute atomic E-state index is 0.130. The summed E-state index contributed by atoms with van der Waals surface area (Å²) in [7, 11) is 0. The number of thioether (sulfide) groups is 1. The van der Waals surface area contributed by atoms with E-state index in [0.717, 1.165) is 23.8 Å². The van der Waals surface area contributed by atoms with Gasteiger partial charge in [0.2, 0.25) is 5.82 Å². The molecule has 0 aliphatic heterocycles. The van der Waals surface area contributed by atoms with E-state index >= 15 is 0 Å². The fraction of sp³-hybridized carbons (Fsp3) is 0.769. The van der Waals surface area contributed by atoms with Crippen molar-refractivity contribution in [1.29, 1.82) is 0 Å². The second kappa shape index (κ2) is 6.93. The van der Waals surface area contributed by atoms with Crippen molar-refractivity contribution < 1.29 is 4.79 Å². The SMILES string of the molecule is CCSCCC(C)NC(=O)c1n[nH]c(C(C)(C)C)n1. The molecule has 0 aliphatic carbocycles. The summed E-state index contributed by atoms with van der Waals surface area (Å²) in [6.07, 6.45) is 0.959. The predicted molar refractivity (Wildman–Crippen MR) is 79.6 cm³/mol. The van der Waals surface area contributed by atoms with Crippen LogP contribution in [0.15, 0.2) is 0 Å². The first kappa shape index (κ1) is 16.0. The van der Waals surface area contributed by atoms with Gasteiger partial charge in [0.05, 0.1) is 0 Å². The average Bonchev–Trinajstić information content (AvgIpc) is 2.78. The third-order valence-electron chi connectivity index (χ3n) is 2.68. The lowest BCUT2D eigenvalue weighted by atomic mass is 9.96. The van der Waals surface area contributed by atoms with Crippen LogP contribution in [-0.2, 0) is 5.41 Å². The zero-order valence-electron chi connectivity index (χ0n) is 12.4. The molecule has 1 amide bonds.